The molecule has 3 atom stereocenters. The molecule has 0 radical (unpaired) electrons. The summed E-state index contributed by atoms with van der Waals surface area (Å²) in [7, 11) is 3.87. The quantitative estimate of drug-likeness (QED) is 0.924. The first kappa shape index (κ1) is 13.8. The van der Waals surface area contributed by atoms with Gasteiger partial charge in [-0.25, -0.2) is 0 Å². The van der Waals surface area contributed by atoms with Crippen molar-refractivity contribution in [3.63, 3.8) is 0 Å². The number of benzene rings is 1. The van der Waals surface area contributed by atoms with E-state index in [1.165, 1.54) is 5.56 Å². The van der Waals surface area contributed by atoms with Gasteiger partial charge < -0.3 is 9.72 Å². The van der Waals surface area contributed by atoms with Crippen molar-refractivity contribution in [1.29, 1.82) is 0 Å². The summed E-state index contributed by atoms with van der Waals surface area (Å²) >= 11 is 0. The number of Topliss-reactive ketones (excluding diaryl/α,β-unsaturated/α-hetero) is 1. The second kappa shape index (κ2) is 4.85. The number of fused-ring (bicyclic) bond motifs is 6. The normalized spacial score (nSPS) is 28.0. The lowest BCUT2D eigenvalue weighted by Gasteiger charge is -2.46. The number of nitrogens with zero attached hydrogens (tertiary/aromatic N) is 1. The molecule has 1 saturated heterocycles. The van der Waals surface area contributed by atoms with Crippen LogP contribution >= 0.6 is 0 Å². The third-order valence-electron chi connectivity index (χ3n) is 5.59. The molecule has 1 fully saturated rings. The summed E-state index contributed by atoms with van der Waals surface area (Å²) in [4.78, 5) is 18.7. The molecule has 4 heteroatoms. The number of hydrogen-bond acceptors (Lipinski definition) is 3. The van der Waals surface area contributed by atoms with Crippen LogP contribution in [0.1, 0.15) is 41.9 Å². The van der Waals surface area contributed by atoms with Gasteiger partial charge in [0.15, 0.2) is 5.78 Å². The summed E-state index contributed by atoms with van der Waals surface area (Å²) in [6.45, 7) is 3.20. The topological polar surface area (TPSA) is 45.3 Å². The highest BCUT2D eigenvalue weighted by Gasteiger charge is 2.47. The van der Waals surface area contributed by atoms with Gasteiger partial charge in [-0.2, -0.15) is 0 Å². The second-order valence-corrected chi connectivity index (χ2v) is 6.58. The first-order chi connectivity index (χ1) is 10.7. The van der Waals surface area contributed by atoms with E-state index < -0.39 is 0 Å². The molecular weight excluding hydrogens is 276 g/mol. The molecule has 2 unspecified atom stereocenters. The molecule has 22 heavy (non-hydrogen) atoms. The number of piperidine rings is 1. The summed E-state index contributed by atoms with van der Waals surface area (Å²) < 4.78 is 5.38. The van der Waals surface area contributed by atoms with Gasteiger partial charge in [0.2, 0.25) is 0 Å². The molecule has 2 aliphatic rings. The number of ketones is 1. The van der Waals surface area contributed by atoms with E-state index in [0.29, 0.717) is 17.7 Å². The van der Waals surface area contributed by atoms with Crippen LogP contribution in [0.25, 0.3) is 10.9 Å². The van der Waals surface area contributed by atoms with Crippen molar-refractivity contribution < 1.29 is 9.53 Å². The lowest BCUT2D eigenvalue weighted by Crippen LogP contribution is -2.47. The highest BCUT2D eigenvalue weighted by molar-refractivity contribution is 6.05. The van der Waals surface area contributed by atoms with E-state index in [2.05, 4.69) is 29.9 Å². The monoisotopic (exact) mass is 298 g/mol. The Hall–Kier alpha value is -1.81. The molecule has 2 heterocycles. The van der Waals surface area contributed by atoms with Gasteiger partial charge in [0, 0.05) is 28.4 Å². The Balaban J connectivity index is 2.00. The van der Waals surface area contributed by atoms with E-state index >= 15 is 0 Å². The Kier molecular flexibility index (Phi) is 3.05. The maximum atomic E-state index is 12.9. The van der Waals surface area contributed by atoms with Crippen LogP contribution in [0.5, 0.6) is 5.75 Å². The van der Waals surface area contributed by atoms with Gasteiger partial charge in [-0.1, -0.05) is 13.3 Å². The third-order valence-corrected chi connectivity index (χ3v) is 5.59. The minimum Gasteiger partial charge on any atom is -0.497 e. The zero-order valence-electron chi connectivity index (χ0n) is 13.3. The predicted octanol–water partition coefficient (Wildman–Crippen LogP) is 3.39. The first-order valence-corrected chi connectivity index (χ1v) is 8.09. The zero-order valence-corrected chi connectivity index (χ0v) is 13.3. The van der Waals surface area contributed by atoms with E-state index in [1.807, 2.05) is 12.1 Å². The maximum Gasteiger partial charge on any atom is 0.182 e. The van der Waals surface area contributed by atoms with Gasteiger partial charge in [0.05, 0.1) is 12.8 Å². The number of methoxy groups -OCH3 is 1. The van der Waals surface area contributed by atoms with Gasteiger partial charge in [-0.15, -0.1) is 0 Å². The molecule has 2 bridgehead atoms. The minimum atomic E-state index is 0.175. The van der Waals surface area contributed by atoms with Crippen LogP contribution in [0.3, 0.4) is 0 Å². The molecule has 4 rings (SSSR count). The first-order valence-electron chi connectivity index (χ1n) is 8.09. The number of aromatic nitrogens is 1. The van der Waals surface area contributed by atoms with Crippen LogP contribution < -0.4 is 4.74 Å². The number of nitrogens with one attached hydrogen (secondary N) is 1. The lowest BCUT2D eigenvalue weighted by molar-refractivity contribution is 0.0424. The van der Waals surface area contributed by atoms with E-state index in [-0.39, 0.29) is 5.92 Å². The van der Waals surface area contributed by atoms with E-state index in [4.69, 9.17) is 4.74 Å². The van der Waals surface area contributed by atoms with Crippen LogP contribution in [0.2, 0.25) is 0 Å². The summed E-state index contributed by atoms with van der Waals surface area (Å²) in [5.41, 5.74) is 3.05. The van der Waals surface area contributed by atoms with E-state index in [9.17, 15) is 4.79 Å². The van der Waals surface area contributed by atoms with Crippen molar-refractivity contribution >= 4 is 16.7 Å². The average Bonchev–Trinajstić information content (AvgIpc) is 2.91. The fourth-order valence-corrected chi connectivity index (χ4v) is 4.52. The number of ether oxygens (including phenoxy) is 1. The summed E-state index contributed by atoms with van der Waals surface area (Å²) in [6.07, 6.45) is 2.02. The van der Waals surface area contributed by atoms with Crippen molar-refractivity contribution in [2.24, 2.45) is 11.8 Å². The van der Waals surface area contributed by atoms with Crippen molar-refractivity contribution in [2.75, 3.05) is 20.7 Å². The Morgan fingerprint density at radius 2 is 2.23 bits per heavy atom. The highest BCUT2D eigenvalue weighted by Crippen LogP contribution is 2.49. The van der Waals surface area contributed by atoms with Crippen molar-refractivity contribution in [3.8, 4) is 5.75 Å². The Labute approximate surface area is 130 Å². The molecular formula is C18H22N2O2. The summed E-state index contributed by atoms with van der Waals surface area (Å²) in [5.74, 6) is 1.74. The molecule has 1 N–H and O–H groups in total. The minimum absolute atomic E-state index is 0.175. The van der Waals surface area contributed by atoms with Crippen LogP contribution in [-0.4, -0.2) is 36.4 Å². The van der Waals surface area contributed by atoms with E-state index in [1.54, 1.807) is 7.11 Å². The van der Waals surface area contributed by atoms with Gasteiger partial charge >= 0.3 is 0 Å². The maximum absolute atomic E-state index is 12.9. The Morgan fingerprint density at radius 3 is 2.95 bits per heavy atom. The Morgan fingerprint density at radius 1 is 1.41 bits per heavy atom. The molecule has 1 aromatic heterocycles. The second-order valence-electron chi connectivity index (χ2n) is 6.58. The zero-order chi connectivity index (χ0) is 15.4. The molecule has 0 saturated carbocycles. The van der Waals surface area contributed by atoms with Crippen molar-refractivity contribution in [3.05, 3.63) is 29.5 Å². The predicted molar refractivity (Wildman–Crippen MR) is 86.4 cm³/mol. The molecule has 1 aliphatic carbocycles. The highest BCUT2D eigenvalue weighted by atomic mass is 16.5. The number of H-pyrrole nitrogens is 1. The fourth-order valence-electron chi connectivity index (χ4n) is 4.52. The van der Waals surface area contributed by atoms with Crippen LogP contribution in [0.15, 0.2) is 18.2 Å². The fraction of sp³-hybridized carbons (Fsp3) is 0.500. The summed E-state index contributed by atoms with van der Waals surface area (Å²) in [6, 6.07) is 6.36. The molecule has 1 aromatic carbocycles. The molecule has 1 aliphatic heterocycles. The smallest absolute Gasteiger partial charge is 0.182 e. The lowest BCUT2D eigenvalue weighted by atomic mass is 9.68. The molecule has 0 spiro atoms. The Bertz CT molecular complexity index is 749. The number of carbonyl (C=O) groups is 1. The molecule has 0 amide bonds. The van der Waals surface area contributed by atoms with Crippen molar-refractivity contribution in [2.45, 2.75) is 25.8 Å². The van der Waals surface area contributed by atoms with Gasteiger partial charge in [0.25, 0.3) is 0 Å². The van der Waals surface area contributed by atoms with Gasteiger partial charge in [-0.3, -0.25) is 9.69 Å². The van der Waals surface area contributed by atoms with Crippen LogP contribution in [0, 0.1) is 11.8 Å². The van der Waals surface area contributed by atoms with Gasteiger partial charge in [0.1, 0.15) is 5.75 Å². The number of rotatable bonds is 2. The van der Waals surface area contributed by atoms with Crippen LogP contribution in [-0.2, 0) is 0 Å². The van der Waals surface area contributed by atoms with E-state index in [0.717, 1.165) is 41.7 Å². The molecule has 4 nitrogen and oxygen atoms in total. The summed E-state index contributed by atoms with van der Waals surface area (Å²) in [5, 5.41) is 1.14. The molecule has 116 valence electrons. The number of likely N-dealkylation sites (tertiary alicyclic amines) is 1. The number of carbonyl (C=O) groups excluding carboxylic acids is 1. The van der Waals surface area contributed by atoms with Crippen molar-refractivity contribution in [1.82, 2.24) is 9.88 Å². The largest absolute Gasteiger partial charge is 0.497 e. The molecule has 2 aromatic rings. The average molecular weight is 298 g/mol. The van der Waals surface area contributed by atoms with Crippen LogP contribution in [0.4, 0.5) is 0 Å². The SMILES string of the molecule is CC[C@@H]1C2CCN(C)C1c1c([nH]c3ccc(OC)cc13)C2=O. The van der Waals surface area contributed by atoms with Gasteiger partial charge in [-0.05, 0) is 44.1 Å². The standard InChI is InChI=1S/C18H22N2O2/c1-4-11-12-7-8-20(2)17(11)15-13-9-10(22-3)5-6-14(13)19-16(15)18(12)21/h5-6,9,11-12,17,19H,4,7-8H2,1-3H3/t11-,12?,17?/m1/s1. The number of aromatic amines is 1. The number of hydrogen-bond donors (Lipinski definition) is 1. The third kappa shape index (κ3) is 1.70.